The third-order valence-corrected chi connectivity index (χ3v) is 8.06. The van der Waals surface area contributed by atoms with E-state index in [2.05, 4.69) is 5.32 Å². The number of nitrogens with one attached hydrogen (secondary N) is 1. The van der Waals surface area contributed by atoms with E-state index in [1.807, 2.05) is 20.8 Å². The summed E-state index contributed by atoms with van der Waals surface area (Å²) in [7, 11) is -3.57. The highest BCUT2D eigenvalue weighted by atomic mass is 32.2. The zero-order valence-corrected chi connectivity index (χ0v) is 20.2. The molecule has 3 aromatic rings. The van der Waals surface area contributed by atoms with Crippen molar-refractivity contribution in [3.63, 3.8) is 0 Å². The molecule has 34 heavy (non-hydrogen) atoms. The average molecular weight is 482 g/mol. The Balaban J connectivity index is 1.58. The number of furan rings is 1. The van der Waals surface area contributed by atoms with Crippen molar-refractivity contribution in [2.24, 2.45) is 0 Å². The highest BCUT2D eigenvalue weighted by Crippen LogP contribution is 2.32. The number of amides is 2. The van der Waals surface area contributed by atoms with Crippen molar-refractivity contribution in [1.29, 1.82) is 0 Å². The SMILES string of the molecule is CCN(CC)S(=O)(=O)c1ccc2c(c1)CCN2C(=O)c1ccc(C)c(NC(=O)c2ccco2)c1. The van der Waals surface area contributed by atoms with Crippen LogP contribution in [0.15, 0.2) is 64.1 Å². The Morgan fingerprint density at radius 3 is 2.53 bits per heavy atom. The predicted octanol–water partition coefficient (Wildman–Crippen LogP) is 4.07. The molecule has 1 aromatic heterocycles. The Kier molecular flexibility index (Phi) is 6.58. The second kappa shape index (κ2) is 9.44. The van der Waals surface area contributed by atoms with E-state index >= 15 is 0 Å². The fourth-order valence-corrected chi connectivity index (χ4v) is 5.61. The van der Waals surface area contributed by atoms with Crippen molar-refractivity contribution in [3.05, 3.63) is 77.2 Å². The van der Waals surface area contributed by atoms with Crippen LogP contribution in [0.5, 0.6) is 0 Å². The molecule has 1 N–H and O–H groups in total. The number of nitrogens with zero attached hydrogens (tertiary/aromatic N) is 2. The summed E-state index contributed by atoms with van der Waals surface area (Å²) in [5, 5.41) is 2.79. The molecule has 8 nitrogen and oxygen atoms in total. The van der Waals surface area contributed by atoms with Gasteiger partial charge in [0.05, 0.1) is 11.2 Å². The van der Waals surface area contributed by atoms with Gasteiger partial charge < -0.3 is 14.6 Å². The Morgan fingerprint density at radius 1 is 1.09 bits per heavy atom. The summed E-state index contributed by atoms with van der Waals surface area (Å²) < 4.78 is 32.3. The number of fused-ring (bicyclic) bond motifs is 1. The van der Waals surface area contributed by atoms with E-state index in [1.54, 1.807) is 53.4 Å². The van der Waals surface area contributed by atoms with Crippen LogP contribution in [-0.2, 0) is 16.4 Å². The van der Waals surface area contributed by atoms with Crippen LogP contribution in [0, 0.1) is 6.92 Å². The second-order valence-electron chi connectivity index (χ2n) is 8.05. The third kappa shape index (κ3) is 4.36. The minimum Gasteiger partial charge on any atom is -0.459 e. The quantitative estimate of drug-likeness (QED) is 0.548. The molecule has 2 heterocycles. The Hall–Kier alpha value is -3.43. The maximum Gasteiger partial charge on any atom is 0.291 e. The molecule has 178 valence electrons. The zero-order chi connectivity index (χ0) is 24.5. The summed E-state index contributed by atoms with van der Waals surface area (Å²) in [4.78, 5) is 27.6. The van der Waals surface area contributed by atoms with Gasteiger partial charge in [-0.1, -0.05) is 19.9 Å². The van der Waals surface area contributed by atoms with Gasteiger partial charge in [-0.3, -0.25) is 9.59 Å². The van der Waals surface area contributed by atoms with Gasteiger partial charge in [-0.05, 0) is 66.9 Å². The Labute approximate surface area is 199 Å². The summed E-state index contributed by atoms with van der Waals surface area (Å²) in [5.41, 5.74) is 3.27. The molecule has 2 amide bonds. The molecule has 0 aliphatic carbocycles. The summed E-state index contributed by atoms with van der Waals surface area (Å²) in [6.45, 7) is 6.70. The second-order valence-corrected chi connectivity index (χ2v) is 9.99. The average Bonchev–Trinajstić information content (AvgIpc) is 3.50. The van der Waals surface area contributed by atoms with E-state index in [4.69, 9.17) is 4.42 Å². The van der Waals surface area contributed by atoms with Crippen molar-refractivity contribution in [1.82, 2.24) is 4.31 Å². The van der Waals surface area contributed by atoms with Crippen molar-refractivity contribution in [3.8, 4) is 0 Å². The molecule has 1 aliphatic rings. The first kappa shape index (κ1) is 23.7. The van der Waals surface area contributed by atoms with E-state index in [9.17, 15) is 18.0 Å². The first-order chi connectivity index (χ1) is 16.3. The molecule has 0 radical (unpaired) electrons. The van der Waals surface area contributed by atoms with Crippen LogP contribution >= 0.6 is 0 Å². The van der Waals surface area contributed by atoms with Crippen molar-refractivity contribution < 1.29 is 22.4 Å². The molecule has 2 aromatic carbocycles. The highest BCUT2D eigenvalue weighted by Gasteiger charge is 2.29. The lowest BCUT2D eigenvalue weighted by molar-refractivity contribution is 0.0982. The number of carbonyl (C=O) groups is 2. The third-order valence-electron chi connectivity index (χ3n) is 6.01. The molecule has 0 fully saturated rings. The monoisotopic (exact) mass is 481 g/mol. The molecule has 0 spiro atoms. The highest BCUT2D eigenvalue weighted by molar-refractivity contribution is 7.89. The summed E-state index contributed by atoms with van der Waals surface area (Å²) in [6, 6.07) is 13.3. The molecule has 1 aliphatic heterocycles. The molecule has 0 bridgehead atoms. The molecular weight excluding hydrogens is 454 g/mol. The number of rotatable bonds is 7. The Bertz CT molecular complexity index is 1330. The van der Waals surface area contributed by atoms with Crippen LogP contribution in [0.4, 0.5) is 11.4 Å². The Morgan fingerprint density at radius 2 is 1.85 bits per heavy atom. The molecule has 0 saturated carbocycles. The zero-order valence-electron chi connectivity index (χ0n) is 19.4. The topological polar surface area (TPSA) is 99.9 Å². The van der Waals surface area contributed by atoms with Gasteiger partial charge in [-0.2, -0.15) is 4.31 Å². The van der Waals surface area contributed by atoms with Crippen molar-refractivity contribution in [2.45, 2.75) is 32.1 Å². The lowest BCUT2D eigenvalue weighted by Gasteiger charge is -2.20. The van der Waals surface area contributed by atoms with E-state index in [1.165, 1.54) is 10.6 Å². The summed E-state index contributed by atoms with van der Waals surface area (Å²) >= 11 is 0. The lowest BCUT2D eigenvalue weighted by Crippen LogP contribution is -2.31. The molecular formula is C25H27N3O5S. The number of hydrogen-bond acceptors (Lipinski definition) is 5. The van der Waals surface area contributed by atoms with Gasteiger partial charge >= 0.3 is 0 Å². The molecule has 0 unspecified atom stereocenters. The first-order valence-electron chi connectivity index (χ1n) is 11.2. The van der Waals surface area contributed by atoms with E-state index < -0.39 is 15.9 Å². The molecule has 4 rings (SSSR count). The number of sulfonamides is 1. The number of anilines is 2. The number of carbonyl (C=O) groups excluding carboxylic acids is 2. The minimum absolute atomic E-state index is 0.181. The summed E-state index contributed by atoms with van der Waals surface area (Å²) in [5.74, 6) is -0.433. The van der Waals surface area contributed by atoms with Crippen LogP contribution in [-0.4, -0.2) is 44.2 Å². The van der Waals surface area contributed by atoms with Gasteiger partial charge in [0.15, 0.2) is 5.76 Å². The standard InChI is InChI=1S/C25H27N3O5S/c1-4-27(5-2)34(31,32)20-10-11-22-18(15-20)12-13-28(22)25(30)19-9-8-17(3)21(16-19)26-24(29)23-7-6-14-33-23/h6-11,14-16H,4-5,12-13H2,1-3H3,(H,26,29). The van der Waals surface area contributed by atoms with Crippen LogP contribution in [0.2, 0.25) is 0 Å². The minimum atomic E-state index is -3.57. The fraction of sp³-hybridized carbons (Fsp3) is 0.280. The van der Waals surface area contributed by atoms with Gasteiger partial charge in [0.25, 0.3) is 11.8 Å². The van der Waals surface area contributed by atoms with E-state index in [0.717, 1.165) is 11.1 Å². The smallest absolute Gasteiger partial charge is 0.291 e. The van der Waals surface area contributed by atoms with Gasteiger partial charge in [0, 0.05) is 36.6 Å². The first-order valence-corrected chi connectivity index (χ1v) is 12.6. The largest absolute Gasteiger partial charge is 0.459 e. The number of benzene rings is 2. The van der Waals surface area contributed by atoms with Crippen molar-refractivity contribution in [2.75, 3.05) is 29.9 Å². The lowest BCUT2D eigenvalue weighted by atomic mass is 10.1. The van der Waals surface area contributed by atoms with E-state index in [-0.39, 0.29) is 16.6 Å². The molecule has 0 saturated heterocycles. The maximum absolute atomic E-state index is 13.3. The normalized spacial score (nSPS) is 13.2. The number of hydrogen-bond donors (Lipinski definition) is 1. The number of aryl methyl sites for hydroxylation is 1. The van der Waals surface area contributed by atoms with Gasteiger partial charge in [0.1, 0.15) is 0 Å². The van der Waals surface area contributed by atoms with Crippen LogP contribution in [0.3, 0.4) is 0 Å². The van der Waals surface area contributed by atoms with Gasteiger partial charge in [-0.15, -0.1) is 0 Å². The van der Waals surface area contributed by atoms with Crippen molar-refractivity contribution >= 4 is 33.2 Å². The van der Waals surface area contributed by atoms with Crippen LogP contribution < -0.4 is 10.2 Å². The molecule has 9 heteroatoms. The van der Waals surface area contributed by atoms with Crippen LogP contribution in [0.25, 0.3) is 0 Å². The fourth-order valence-electron chi connectivity index (χ4n) is 4.10. The maximum atomic E-state index is 13.3. The van der Waals surface area contributed by atoms with Gasteiger partial charge in [-0.25, -0.2) is 8.42 Å². The molecule has 0 atom stereocenters. The van der Waals surface area contributed by atoms with Crippen LogP contribution in [0.1, 0.15) is 45.9 Å². The predicted molar refractivity (Wildman–Crippen MR) is 130 cm³/mol. The summed E-state index contributed by atoms with van der Waals surface area (Å²) in [6.07, 6.45) is 1.99. The van der Waals surface area contributed by atoms with Gasteiger partial charge in [0.2, 0.25) is 10.0 Å². The van der Waals surface area contributed by atoms with E-state index in [0.29, 0.717) is 43.0 Å².